The van der Waals surface area contributed by atoms with Crippen LogP contribution < -0.4 is 0 Å². The average molecular weight is 343 g/mol. The van der Waals surface area contributed by atoms with Crippen molar-refractivity contribution in [2.24, 2.45) is 0 Å². The maximum atomic E-state index is 12.0. The predicted octanol–water partition coefficient (Wildman–Crippen LogP) is 3.65. The van der Waals surface area contributed by atoms with Gasteiger partial charge in [-0.3, -0.25) is 4.90 Å². The molecule has 0 aromatic heterocycles. The minimum Gasteiger partial charge on any atom is -0.292 e. The van der Waals surface area contributed by atoms with Crippen LogP contribution in [0.3, 0.4) is 0 Å². The normalized spacial score (nSPS) is 23.2. The van der Waals surface area contributed by atoms with E-state index in [0.717, 1.165) is 25.9 Å². The fourth-order valence-electron chi connectivity index (χ4n) is 3.43. The minimum atomic E-state index is -2.90. The van der Waals surface area contributed by atoms with Crippen LogP contribution in [-0.2, 0) is 22.9 Å². The molecule has 3 nitrogen and oxygen atoms in total. The van der Waals surface area contributed by atoms with Crippen LogP contribution >= 0.6 is 0 Å². The molecule has 2 aromatic rings. The smallest absolute Gasteiger partial charge is 0.153 e. The van der Waals surface area contributed by atoms with E-state index >= 15 is 0 Å². The fourth-order valence-corrected chi connectivity index (χ4v) is 4.95. The first-order valence-electron chi connectivity index (χ1n) is 8.58. The fraction of sp³-hybridized carbons (Fsp3) is 0.400. The summed E-state index contributed by atoms with van der Waals surface area (Å²) in [6.45, 7) is 3.56. The Morgan fingerprint density at radius 1 is 0.917 bits per heavy atom. The molecule has 4 heteroatoms. The second-order valence-corrected chi connectivity index (χ2v) is 9.27. The van der Waals surface area contributed by atoms with Crippen molar-refractivity contribution in [1.82, 2.24) is 4.90 Å². The van der Waals surface area contributed by atoms with E-state index in [-0.39, 0.29) is 5.25 Å². The summed E-state index contributed by atoms with van der Waals surface area (Å²) in [6.07, 6.45) is 1.45. The molecular weight excluding hydrogens is 318 g/mol. The summed E-state index contributed by atoms with van der Waals surface area (Å²) in [5.41, 5.74) is 2.55. The zero-order chi connectivity index (χ0) is 17.0. The van der Waals surface area contributed by atoms with Gasteiger partial charge in [0.15, 0.2) is 9.84 Å². The lowest BCUT2D eigenvalue weighted by Gasteiger charge is -2.36. The monoisotopic (exact) mass is 343 g/mol. The molecule has 1 aliphatic heterocycles. The molecule has 1 heterocycles. The van der Waals surface area contributed by atoms with Crippen molar-refractivity contribution in [2.75, 3.05) is 5.75 Å². The SMILES string of the molecule is CC1CC(N(Cc2ccccc2)Cc2ccccc2)CCS1(=O)=O. The summed E-state index contributed by atoms with van der Waals surface area (Å²) in [5, 5.41) is -0.245. The lowest BCUT2D eigenvalue weighted by atomic mass is 10.0. The number of benzene rings is 2. The summed E-state index contributed by atoms with van der Waals surface area (Å²) in [4.78, 5) is 2.44. The van der Waals surface area contributed by atoms with E-state index in [2.05, 4.69) is 53.4 Å². The quantitative estimate of drug-likeness (QED) is 0.831. The van der Waals surface area contributed by atoms with Crippen LogP contribution in [0.15, 0.2) is 60.7 Å². The third kappa shape index (κ3) is 4.25. The molecular formula is C20H25NO2S. The topological polar surface area (TPSA) is 37.4 Å². The number of hydrogen-bond acceptors (Lipinski definition) is 3. The van der Waals surface area contributed by atoms with Crippen LogP contribution in [-0.4, -0.2) is 30.4 Å². The van der Waals surface area contributed by atoms with Gasteiger partial charge < -0.3 is 0 Å². The van der Waals surface area contributed by atoms with E-state index in [1.54, 1.807) is 0 Å². The first-order valence-corrected chi connectivity index (χ1v) is 10.3. The molecule has 1 saturated heterocycles. The predicted molar refractivity (Wildman–Crippen MR) is 98.4 cm³/mol. The largest absolute Gasteiger partial charge is 0.292 e. The third-order valence-corrected chi connectivity index (χ3v) is 7.15. The van der Waals surface area contributed by atoms with Gasteiger partial charge in [-0.2, -0.15) is 0 Å². The lowest BCUT2D eigenvalue weighted by Crippen LogP contribution is -2.43. The Kier molecular flexibility index (Phi) is 5.36. The zero-order valence-electron chi connectivity index (χ0n) is 14.1. The van der Waals surface area contributed by atoms with Gasteiger partial charge in [-0.25, -0.2) is 8.42 Å². The van der Waals surface area contributed by atoms with E-state index in [1.807, 2.05) is 19.1 Å². The second kappa shape index (κ2) is 7.49. The minimum absolute atomic E-state index is 0.245. The molecule has 0 radical (unpaired) electrons. The zero-order valence-corrected chi connectivity index (χ0v) is 15.0. The first kappa shape index (κ1) is 17.2. The van der Waals surface area contributed by atoms with Crippen LogP contribution in [0.2, 0.25) is 0 Å². The van der Waals surface area contributed by atoms with E-state index in [1.165, 1.54) is 11.1 Å². The standard InChI is InChI=1S/C20H25NO2S/c1-17-14-20(12-13-24(17,22)23)21(15-18-8-4-2-5-9-18)16-19-10-6-3-7-11-19/h2-11,17,20H,12-16H2,1H3. The highest BCUT2D eigenvalue weighted by atomic mass is 32.2. The highest BCUT2D eigenvalue weighted by Gasteiger charge is 2.33. The Labute approximate surface area is 145 Å². The Morgan fingerprint density at radius 2 is 1.42 bits per heavy atom. The van der Waals surface area contributed by atoms with Crippen LogP contribution in [0.1, 0.15) is 30.9 Å². The Balaban J connectivity index is 1.79. The van der Waals surface area contributed by atoms with E-state index < -0.39 is 9.84 Å². The second-order valence-electron chi connectivity index (χ2n) is 6.73. The van der Waals surface area contributed by atoms with Gasteiger partial charge in [0.25, 0.3) is 0 Å². The molecule has 0 amide bonds. The van der Waals surface area contributed by atoms with Crippen molar-refractivity contribution in [3.05, 3.63) is 71.8 Å². The number of rotatable bonds is 5. The van der Waals surface area contributed by atoms with Crippen molar-refractivity contribution >= 4 is 9.84 Å². The summed E-state index contributed by atoms with van der Waals surface area (Å²) >= 11 is 0. The molecule has 3 rings (SSSR count). The van der Waals surface area contributed by atoms with Crippen molar-refractivity contribution in [2.45, 2.75) is 44.1 Å². The van der Waals surface area contributed by atoms with E-state index in [4.69, 9.17) is 0 Å². The molecule has 0 aliphatic carbocycles. The molecule has 0 bridgehead atoms. The van der Waals surface area contributed by atoms with Crippen molar-refractivity contribution in [3.63, 3.8) is 0 Å². The molecule has 0 spiro atoms. The molecule has 1 aliphatic rings. The number of sulfone groups is 1. The van der Waals surface area contributed by atoms with Gasteiger partial charge in [0.1, 0.15) is 0 Å². The molecule has 0 saturated carbocycles. The lowest BCUT2D eigenvalue weighted by molar-refractivity contribution is 0.160. The average Bonchev–Trinajstić information content (AvgIpc) is 2.59. The molecule has 2 aromatic carbocycles. The van der Waals surface area contributed by atoms with Crippen molar-refractivity contribution in [1.29, 1.82) is 0 Å². The summed E-state index contributed by atoms with van der Waals surface area (Å²) in [5.74, 6) is 0.304. The molecule has 2 unspecified atom stereocenters. The molecule has 24 heavy (non-hydrogen) atoms. The van der Waals surface area contributed by atoms with Crippen molar-refractivity contribution < 1.29 is 8.42 Å². The van der Waals surface area contributed by atoms with Crippen LogP contribution in [0, 0.1) is 0 Å². The maximum absolute atomic E-state index is 12.0. The van der Waals surface area contributed by atoms with Gasteiger partial charge in [-0.1, -0.05) is 60.7 Å². The highest BCUT2D eigenvalue weighted by Crippen LogP contribution is 2.26. The van der Waals surface area contributed by atoms with Gasteiger partial charge in [0, 0.05) is 19.1 Å². The van der Waals surface area contributed by atoms with Gasteiger partial charge in [-0.15, -0.1) is 0 Å². The van der Waals surface area contributed by atoms with Crippen molar-refractivity contribution in [3.8, 4) is 0 Å². The number of hydrogen-bond donors (Lipinski definition) is 0. The first-order chi connectivity index (χ1) is 11.5. The van der Waals surface area contributed by atoms with E-state index in [0.29, 0.717) is 11.8 Å². The number of nitrogens with zero attached hydrogens (tertiary/aromatic N) is 1. The molecule has 128 valence electrons. The summed E-state index contributed by atoms with van der Waals surface area (Å²) in [7, 11) is -2.90. The maximum Gasteiger partial charge on any atom is 0.153 e. The summed E-state index contributed by atoms with van der Waals surface area (Å²) in [6, 6.07) is 21.2. The van der Waals surface area contributed by atoms with Crippen LogP contribution in [0.5, 0.6) is 0 Å². The van der Waals surface area contributed by atoms with Gasteiger partial charge in [-0.05, 0) is 30.9 Å². The van der Waals surface area contributed by atoms with Crippen LogP contribution in [0.25, 0.3) is 0 Å². The molecule has 2 atom stereocenters. The molecule has 1 fully saturated rings. The van der Waals surface area contributed by atoms with E-state index in [9.17, 15) is 8.42 Å². The third-order valence-electron chi connectivity index (χ3n) is 4.93. The van der Waals surface area contributed by atoms with Crippen LogP contribution in [0.4, 0.5) is 0 Å². The summed E-state index contributed by atoms with van der Waals surface area (Å²) < 4.78 is 24.1. The highest BCUT2D eigenvalue weighted by molar-refractivity contribution is 7.92. The Bertz CT molecular complexity index is 702. The molecule has 0 N–H and O–H groups in total. The van der Waals surface area contributed by atoms with Gasteiger partial charge >= 0.3 is 0 Å². The van der Waals surface area contributed by atoms with Gasteiger partial charge in [0.2, 0.25) is 0 Å². The van der Waals surface area contributed by atoms with Gasteiger partial charge in [0.05, 0.1) is 11.0 Å². The Hall–Kier alpha value is -1.65. The Morgan fingerprint density at radius 3 is 1.88 bits per heavy atom.